The van der Waals surface area contributed by atoms with Gasteiger partial charge in [0.2, 0.25) is 0 Å². The van der Waals surface area contributed by atoms with Crippen LogP contribution in [-0.2, 0) is 4.79 Å². The molecule has 96 valence electrons. The van der Waals surface area contributed by atoms with Crippen LogP contribution >= 0.6 is 0 Å². The molecule has 0 heterocycles. The van der Waals surface area contributed by atoms with Gasteiger partial charge in [-0.1, -0.05) is 25.3 Å². The summed E-state index contributed by atoms with van der Waals surface area (Å²) in [6, 6.07) is -1.22. The molecule has 5 heteroatoms. The highest BCUT2D eigenvalue weighted by atomic mass is 16.4. The number of carboxylic acid groups (broad SMARTS) is 1. The van der Waals surface area contributed by atoms with Gasteiger partial charge in [-0.05, 0) is 18.8 Å². The lowest BCUT2D eigenvalue weighted by molar-refractivity contribution is -0.141. The Morgan fingerprint density at radius 3 is 2.53 bits per heavy atom. The van der Waals surface area contributed by atoms with Gasteiger partial charge in [0.05, 0.1) is 0 Å². The summed E-state index contributed by atoms with van der Waals surface area (Å²) in [5.41, 5.74) is 0. The van der Waals surface area contributed by atoms with E-state index < -0.39 is 18.0 Å². The van der Waals surface area contributed by atoms with Crippen molar-refractivity contribution in [1.29, 1.82) is 0 Å². The fourth-order valence-corrected chi connectivity index (χ4v) is 2.21. The SMILES string of the molecule is C=CCNC(=O)NC(C(=O)O)C1CCCCC1. The van der Waals surface area contributed by atoms with E-state index in [0.717, 1.165) is 32.1 Å². The Hall–Kier alpha value is -1.52. The maximum absolute atomic E-state index is 11.4. The molecule has 1 rings (SSSR count). The van der Waals surface area contributed by atoms with Crippen LogP contribution in [0.15, 0.2) is 12.7 Å². The normalized spacial score (nSPS) is 18.1. The molecule has 1 atom stereocenters. The van der Waals surface area contributed by atoms with E-state index in [9.17, 15) is 9.59 Å². The van der Waals surface area contributed by atoms with Gasteiger partial charge >= 0.3 is 12.0 Å². The van der Waals surface area contributed by atoms with Gasteiger partial charge in [-0.15, -0.1) is 6.58 Å². The molecule has 0 saturated heterocycles. The van der Waals surface area contributed by atoms with Crippen LogP contribution in [-0.4, -0.2) is 29.7 Å². The first-order valence-electron chi connectivity index (χ1n) is 6.03. The standard InChI is InChI=1S/C12H20N2O3/c1-2-8-13-12(17)14-10(11(15)16)9-6-4-3-5-7-9/h2,9-10H,1,3-8H2,(H,15,16)(H2,13,14,17). The van der Waals surface area contributed by atoms with Crippen molar-refractivity contribution in [2.75, 3.05) is 6.54 Å². The second kappa shape index (κ2) is 6.93. The molecule has 1 fully saturated rings. The van der Waals surface area contributed by atoms with Gasteiger partial charge < -0.3 is 15.7 Å². The number of urea groups is 1. The Kier molecular flexibility index (Phi) is 5.52. The van der Waals surface area contributed by atoms with Crippen LogP contribution < -0.4 is 10.6 Å². The van der Waals surface area contributed by atoms with Crippen LogP contribution in [0.3, 0.4) is 0 Å². The summed E-state index contributed by atoms with van der Waals surface area (Å²) in [6.07, 6.45) is 6.55. The minimum atomic E-state index is -0.953. The van der Waals surface area contributed by atoms with Gasteiger partial charge in [-0.3, -0.25) is 0 Å². The predicted molar refractivity (Wildman–Crippen MR) is 64.7 cm³/mol. The zero-order chi connectivity index (χ0) is 12.7. The highest BCUT2D eigenvalue weighted by Gasteiger charge is 2.30. The lowest BCUT2D eigenvalue weighted by Crippen LogP contribution is -2.50. The molecule has 17 heavy (non-hydrogen) atoms. The molecule has 0 spiro atoms. The van der Waals surface area contributed by atoms with Crippen molar-refractivity contribution in [2.45, 2.75) is 38.1 Å². The van der Waals surface area contributed by atoms with Crippen molar-refractivity contribution in [2.24, 2.45) is 5.92 Å². The Labute approximate surface area is 101 Å². The molecule has 0 aromatic heterocycles. The highest BCUT2D eigenvalue weighted by molar-refractivity contribution is 5.82. The van der Waals surface area contributed by atoms with E-state index in [1.807, 2.05) is 0 Å². The smallest absolute Gasteiger partial charge is 0.326 e. The summed E-state index contributed by atoms with van der Waals surface area (Å²) in [5, 5.41) is 14.2. The first-order valence-corrected chi connectivity index (χ1v) is 6.03. The number of hydrogen-bond donors (Lipinski definition) is 3. The number of rotatable bonds is 5. The maximum Gasteiger partial charge on any atom is 0.326 e. The Bertz CT molecular complexity index is 285. The zero-order valence-corrected chi connectivity index (χ0v) is 9.95. The minimum absolute atomic E-state index is 0.0516. The third kappa shape index (κ3) is 4.46. The lowest BCUT2D eigenvalue weighted by atomic mass is 9.84. The number of hydrogen-bond acceptors (Lipinski definition) is 2. The van der Waals surface area contributed by atoms with E-state index in [2.05, 4.69) is 17.2 Å². The minimum Gasteiger partial charge on any atom is -0.480 e. The molecule has 0 aliphatic heterocycles. The van der Waals surface area contributed by atoms with Gasteiger partial charge in [0.15, 0.2) is 0 Å². The van der Waals surface area contributed by atoms with E-state index in [1.54, 1.807) is 6.08 Å². The van der Waals surface area contributed by atoms with Gasteiger partial charge in [0, 0.05) is 6.54 Å². The fourth-order valence-electron chi connectivity index (χ4n) is 2.21. The van der Waals surface area contributed by atoms with Crippen LogP contribution in [0.5, 0.6) is 0 Å². The second-order valence-electron chi connectivity index (χ2n) is 4.36. The molecule has 0 bridgehead atoms. The van der Waals surface area contributed by atoms with Crippen molar-refractivity contribution < 1.29 is 14.7 Å². The van der Waals surface area contributed by atoms with Crippen LogP contribution in [0.25, 0.3) is 0 Å². The number of nitrogens with one attached hydrogen (secondary N) is 2. The molecule has 5 nitrogen and oxygen atoms in total. The number of carbonyl (C=O) groups excluding carboxylic acids is 1. The molecule has 1 aliphatic carbocycles. The van der Waals surface area contributed by atoms with Crippen molar-refractivity contribution >= 4 is 12.0 Å². The lowest BCUT2D eigenvalue weighted by Gasteiger charge is -2.27. The van der Waals surface area contributed by atoms with Crippen molar-refractivity contribution in [3.8, 4) is 0 Å². The molecule has 3 N–H and O–H groups in total. The summed E-state index contributed by atoms with van der Waals surface area (Å²) >= 11 is 0. The maximum atomic E-state index is 11.4. The molecule has 1 saturated carbocycles. The molecule has 1 unspecified atom stereocenters. The van der Waals surface area contributed by atoms with E-state index in [1.165, 1.54) is 0 Å². The van der Waals surface area contributed by atoms with E-state index in [0.29, 0.717) is 6.54 Å². The molecular formula is C12H20N2O3. The number of amides is 2. The van der Waals surface area contributed by atoms with Gasteiger partial charge in [0.25, 0.3) is 0 Å². The number of carbonyl (C=O) groups is 2. The summed E-state index contributed by atoms with van der Waals surface area (Å²) < 4.78 is 0. The van der Waals surface area contributed by atoms with E-state index >= 15 is 0 Å². The van der Waals surface area contributed by atoms with Gasteiger partial charge in [0.1, 0.15) is 6.04 Å². The van der Waals surface area contributed by atoms with Crippen LogP contribution in [0.4, 0.5) is 4.79 Å². The topological polar surface area (TPSA) is 78.4 Å². The Morgan fingerprint density at radius 2 is 2.00 bits per heavy atom. The average molecular weight is 240 g/mol. The van der Waals surface area contributed by atoms with Crippen molar-refractivity contribution in [3.63, 3.8) is 0 Å². The monoisotopic (exact) mass is 240 g/mol. The molecule has 0 radical (unpaired) electrons. The largest absolute Gasteiger partial charge is 0.480 e. The Morgan fingerprint density at radius 1 is 1.35 bits per heavy atom. The summed E-state index contributed by atoms with van der Waals surface area (Å²) in [5.74, 6) is -0.901. The second-order valence-corrected chi connectivity index (χ2v) is 4.36. The fraction of sp³-hybridized carbons (Fsp3) is 0.667. The van der Waals surface area contributed by atoms with Gasteiger partial charge in [-0.2, -0.15) is 0 Å². The highest BCUT2D eigenvalue weighted by Crippen LogP contribution is 2.26. The summed E-state index contributed by atoms with van der Waals surface area (Å²) in [4.78, 5) is 22.6. The van der Waals surface area contributed by atoms with E-state index in [4.69, 9.17) is 5.11 Å². The third-order valence-corrected chi connectivity index (χ3v) is 3.08. The van der Waals surface area contributed by atoms with E-state index in [-0.39, 0.29) is 5.92 Å². The summed E-state index contributed by atoms with van der Waals surface area (Å²) in [7, 11) is 0. The quantitative estimate of drug-likeness (QED) is 0.637. The predicted octanol–water partition coefficient (Wildman–Crippen LogP) is 1.51. The zero-order valence-electron chi connectivity index (χ0n) is 9.95. The molecular weight excluding hydrogens is 220 g/mol. The molecule has 0 aromatic rings. The molecule has 0 aromatic carbocycles. The van der Waals surface area contributed by atoms with Crippen molar-refractivity contribution in [1.82, 2.24) is 10.6 Å². The molecule has 2 amide bonds. The average Bonchev–Trinajstić information content (AvgIpc) is 2.34. The number of aliphatic carboxylic acids is 1. The van der Waals surface area contributed by atoms with Crippen molar-refractivity contribution in [3.05, 3.63) is 12.7 Å². The van der Waals surface area contributed by atoms with Crippen LogP contribution in [0, 0.1) is 5.92 Å². The first-order chi connectivity index (χ1) is 8.15. The summed E-state index contributed by atoms with van der Waals surface area (Å²) in [6.45, 7) is 3.81. The third-order valence-electron chi connectivity index (χ3n) is 3.08. The van der Waals surface area contributed by atoms with Crippen LogP contribution in [0.2, 0.25) is 0 Å². The van der Waals surface area contributed by atoms with Gasteiger partial charge in [-0.25, -0.2) is 9.59 Å². The first kappa shape index (κ1) is 13.5. The number of carboxylic acids is 1. The van der Waals surface area contributed by atoms with Crippen LogP contribution in [0.1, 0.15) is 32.1 Å². The molecule has 1 aliphatic rings. The Balaban J connectivity index is 2.50.